The average Bonchev–Trinajstić information content (AvgIpc) is 2.71. The zero-order chi connectivity index (χ0) is 13.1. The number of hydrogen-bond donors (Lipinski definition) is 1. The molecular formula is C14H12N2OS. The normalized spacial score (nSPS) is 9.83. The first-order valence-corrected chi connectivity index (χ1v) is 6.30. The van der Waals surface area contributed by atoms with Crippen LogP contribution in [0.2, 0.25) is 0 Å². The predicted molar refractivity (Wildman–Crippen MR) is 72.9 cm³/mol. The van der Waals surface area contributed by atoms with E-state index < -0.39 is 0 Å². The molecule has 0 saturated heterocycles. The number of benzene rings is 1. The molecule has 3 nitrogen and oxygen atoms in total. The fourth-order valence-corrected chi connectivity index (χ4v) is 2.44. The second kappa shape index (κ2) is 5.03. The van der Waals surface area contributed by atoms with Gasteiger partial charge in [0.25, 0.3) is 5.91 Å². The highest BCUT2D eigenvalue weighted by atomic mass is 32.1. The van der Waals surface area contributed by atoms with Gasteiger partial charge in [-0.3, -0.25) is 4.79 Å². The predicted octanol–water partition coefficient (Wildman–Crippen LogP) is 3.49. The van der Waals surface area contributed by atoms with Gasteiger partial charge in [0, 0.05) is 10.6 Å². The Balaban J connectivity index is 2.13. The Morgan fingerprint density at radius 1 is 1.28 bits per heavy atom. The van der Waals surface area contributed by atoms with E-state index in [-0.39, 0.29) is 5.91 Å². The van der Waals surface area contributed by atoms with Crippen LogP contribution >= 0.6 is 11.3 Å². The lowest BCUT2D eigenvalue weighted by atomic mass is 10.2. The molecule has 2 rings (SSSR count). The average molecular weight is 256 g/mol. The third-order valence-corrected chi connectivity index (χ3v) is 3.81. The standard InChI is InChI=1S/C14H12N2OS/c1-9-7-13(18-10(9)2)14(17)16-12-5-3-11(8-15)4-6-12/h3-7H,1-2H3,(H,16,17). The summed E-state index contributed by atoms with van der Waals surface area (Å²) in [6.07, 6.45) is 0. The maximum absolute atomic E-state index is 12.0. The van der Waals surface area contributed by atoms with Crippen LogP contribution in [0.1, 0.15) is 25.7 Å². The maximum Gasteiger partial charge on any atom is 0.265 e. The molecule has 0 aliphatic heterocycles. The van der Waals surface area contributed by atoms with E-state index in [2.05, 4.69) is 5.32 Å². The van der Waals surface area contributed by atoms with E-state index in [1.54, 1.807) is 24.3 Å². The highest BCUT2D eigenvalue weighted by Crippen LogP contribution is 2.21. The van der Waals surface area contributed by atoms with E-state index in [1.165, 1.54) is 11.3 Å². The third-order valence-electron chi connectivity index (χ3n) is 2.66. The van der Waals surface area contributed by atoms with Gasteiger partial charge >= 0.3 is 0 Å². The molecule has 0 aliphatic carbocycles. The molecule has 1 heterocycles. The summed E-state index contributed by atoms with van der Waals surface area (Å²) in [5.74, 6) is -0.110. The first kappa shape index (κ1) is 12.3. The van der Waals surface area contributed by atoms with Crippen LogP contribution in [0, 0.1) is 25.2 Å². The monoisotopic (exact) mass is 256 g/mol. The van der Waals surface area contributed by atoms with E-state index in [1.807, 2.05) is 26.0 Å². The van der Waals surface area contributed by atoms with Gasteiger partial charge in [-0.15, -0.1) is 11.3 Å². The molecule has 0 atom stereocenters. The summed E-state index contributed by atoms with van der Waals surface area (Å²) in [6, 6.07) is 10.7. The van der Waals surface area contributed by atoms with Crippen molar-refractivity contribution in [1.82, 2.24) is 0 Å². The lowest BCUT2D eigenvalue weighted by Crippen LogP contribution is -2.09. The summed E-state index contributed by atoms with van der Waals surface area (Å²) in [6.45, 7) is 3.99. The Morgan fingerprint density at radius 2 is 1.94 bits per heavy atom. The van der Waals surface area contributed by atoms with Crippen molar-refractivity contribution in [2.24, 2.45) is 0 Å². The minimum Gasteiger partial charge on any atom is -0.321 e. The van der Waals surface area contributed by atoms with Crippen molar-refractivity contribution < 1.29 is 4.79 Å². The lowest BCUT2D eigenvalue weighted by Gasteiger charge is -2.02. The van der Waals surface area contributed by atoms with Crippen LogP contribution < -0.4 is 5.32 Å². The van der Waals surface area contributed by atoms with Gasteiger partial charge in [-0.1, -0.05) is 0 Å². The number of amides is 1. The van der Waals surface area contributed by atoms with Crippen LogP contribution in [0.3, 0.4) is 0 Å². The SMILES string of the molecule is Cc1cc(C(=O)Nc2ccc(C#N)cc2)sc1C. The molecule has 1 aromatic heterocycles. The van der Waals surface area contributed by atoms with Crippen LogP contribution in [0.4, 0.5) is 5.69 Å². The first-order chi connectivity index (χ1) is 8.60. The van der Waals surface area contributed by atoms with Crippen molar-refractivity contribution in [2.75, 3.05) is 5.32 Å². The Labute approximate surface area is 110 Å². The van der Waals surface area contributed by atoms with Gasteiger partial charge in [0.05, 0.1) is 16.5 Å². The molecule has 0 saturated carbocycles. The molecule has 1 N–H and O–H groups in total. The lowest BCUT2D eigenvalue weighted by molar-refractivity contribution is 0.103. The van der Waals surface area contributed by atoms with Gasteiger partial charge in [-0.05, 0) is 49.7 Å². The van der Waals surface area contributed by atoms with Gasteiger partial charge in [0.15, 0.2) is 0 Å². The van der Waals surface area contributed by atoms with Crippen LogP contribution in [0.15, 0.2) is 30.3 Å². The van der Waals surface area contributed by atoms with E-state index >= 15 is 0 Å². The number of thiophene rings is 1. The maximum atomic E-state index is 12.0. The van der Waals surface area contributed by atoms with Crippen molar-refractivity contribution in [3.63, 3.8) is 0 Å². The molecule has 0 fully saturated rings. The van der Waals surface area contributed by atoms with E-state index in [4.69, 9.17) is 5.26 Å². The first-order valence-electron chi connectivity index (χ1n) is 5.48. The molecule has 0 unspecified atom stereocenters. The molecular weight excluding hydrogens is 244 g/mol. The summed E-state index contributed by atoms with van der Waals surface area (Å²) in [5, 5.41) is 11.5. The van der Waals surface area contributed by atoms with Gasteiger partial charge < -0.3 is 5.32 Å². The number of aryl methyl sites for hydroxylation is 2. The Kier molecular flexibility index (Phi) is 3.45. The molecule has 0 spiro atoms. The minimum atomic E-state index is -0.110. The second-order valence-corrected chi connectivity index (χ2v) is 5.25. The molecule has 0 aliphatic rings. The smallest absolute Gasteiger partial charge is 0.265 e. The van der Waals surface area contributed by atoms with Crippen molar-refractivity contribution in [3.8, 4) is 6.07 Å². The van der Waals surface area contributed by atoms with Crippen LogP contribution in [0.5, 0.6) is 0 Å². The number of anilines is 1. The Bertz CT molecular complexity index is 601. The zero-order valence-electron chi connectivity index (χ0n) is 10.2. The summed E-state index contributed by atoms with van der Waals surface area (Å²) in [4.78, 5) is 13.8. The number of nitrogens with zero attached hydrogens (tertiary/aromatic N) is 1. The highest BCUT2D eigenvalue weighted by Gasteiger charge is 2.10. The van der Waals surface area contributed by atoms with Gasteiger partial charge in [-0.2, -0.15) is 5.26 Å². The van der Waals surface area contributed by atoms with Crippen molar-refractivity contribution in [3.05, 3.63) is 51.2 Å². The van der Waals surface area contributed by atoms with Gasteiger partial charge in [0.1, 0.15) is 0 Å². The fourth-order valence-electron chi connectivity index (χ4n) is 1.51. The number of carbonyl (C=O) groups excluding carboxylic acids is 1. The Hall–Kier alpha value is -2.12. The zero-order valence-corrected chi connectivity index (χ0v) is 11.0. The molecule has 18 heavy (non-hydrogen) atoms. The quantitative estimate of drug-likeness (QED) is 0.894. The third kappa shape index (κ3) is 2.58. The highest BCUT2D eigenvalue weighted by molar-refractivity contribution is 7.14. The molecule has 1 amide bonds. The van der Waals surface area contributed by atoms with Crippen LogP contribution in [-0.2, 0) is 0 Å². The van der Waals surface area contributed by atoms with Crippen molar-refractivity contribution in [2.45, 2.75) is 13.8 Å². The van der Waals surface area contributed by atoms with Crippen molar-refractivity contribution >= 4 is 22.9 Å². The van der Waals surface area contributed by atoms with Gasteiger partial charge in [-0.25, -0.2) is 0 Å². The minimum absolute atomic E-state index is 0.110. The molecule has 0 radical (unpaired) electrons. The number of nitrogens with one attached hydrogen (secondary N) is 1. The number of nitriles is 1. The van der Waals surface area contributed by atoms with Crippen LogP contribution in [0.25, 0.3) is 0 Å². The summed E-state index contributed by atoms with van der Waals surface area (Å²) >= 11 is 1.48. The van der Waals surface area contributed by atoms with Gasteiger partial charge in [0.2, 0.25) is 0 Å². The number of hydrogen-bond acceptors (Lipinski definition) is 3. The topological polar surface area (TPSA) is 52.9 Å². The van der Waals surface area contributed by atoms with Crippen molar-refractivity contribution in [1.29, 1.82) is 5.26 Å². The van der Waals surface area contributed by atoms with E-state index in [9.17, 15) is 4.79 Å². The number of rotatable bonds is 2. The van der Waals surface area contributed by atoms with E-state index in [0.717, 1.165) is 10.4 Å². The largest absolute Gasteiger partial charge is 0.321 e. The fraction of sp³-hybridized carbons (Fsp3) is 0.143. The molecule has 90 valence electrons. The number of carbonyl (C=O) groups is 1. The molecule has 0 bridgehead atoms. The second-order valence-electron chi connectivity index (χ2n) is 3.99. The van der Waals surface area contributed by atoms with E-state index in [0.29, 0.717) is 16.1 Å². The summed E-state index contributed by atoms with van der Waals surface area (Å²) < 4.78 is 0. The Morgan fingerprint density at radius 3 is 2.44 bits per heavy atom. The van der Waals surface area contributed by atoms with Crippen LogP contribution in [-0.4, -0.2) is 5.91 Å². The summed E-state index contributed by atoms with van der Waals surface area (Å²) in [7, 11) is 0. The molecule has 2 aromatic rings. The summed E-state index contributed by atoms with van der Waals surface area (Å²) in [5.41, 5.74) is 2.41. The molecule has 1 aromatic carbocycles. The molecule has 4 heteroatoms.